The summed E-state index contributed by atoms with van der Waals surface area (Å²) in [6, 6.07) is 6.97. The van der Waals surface area contributed by atoms with Crippen molar-refractivity contribution in [1.29, 1.82) is 0 Å². The summed E-state index contributed by atoms with van der Waals surface area (Å²) in [6.07, 6.45) is 0.690. The first-order chi connectivity index (χ1) is 8.63. The molecule has 96 valence electrons. The van der Waals surface area contributed by atoms with Crippen molar-refractivity contribution in [2.24, 2.45) is 0 Å². The van der Waals surface area contributed by atoms with Gasteiger partial charge >= 0.3 is 0 Å². The Morgan fingerprint density at radius 1 is 1.50 bits per heavy atom. The predicted octanol–water partition coefficient (Wildman–Crippen LogP) is 1.25. The quantitative estimate of drug-likeness (QED) is 0.613. The average molecular weight is 247 g/mol. The van der Waals surface area contributed by atoms with Crippen LogP contribution in [0.1, 0.15) is 23.8 Å². The Labute approximate surface area is 105 Å². The molecule has 5 N–H and O–H groups in total. The van der Waals surface area contributed by atoms with Gasteiger partial charge in [-0.25, -0.2) is 0 Å². The molecule has 1 aromatic carbocycles. The summed E-state index contributed by atoms with van der Waals surface area (Å²) in [7, 11) is 0. The topological polar surface area (TPSA) is 91.1 Å². The Morgan fingerprint density at radius 2 is 2.28 bits per heavy atom. The van der Waals surface area contributed by atoms with Gasteiger partial charge in [-0.3, -0.25) is 4.79 Å². The lowest BCUT2D eigenvalue weighted by Crippen LogP contribution is -2.37. The largest absolute Gasteiger partial charge is 0.399 e. The van der Waals surface area contributed by atoms with Gasteiger partial charge in [-0.05, 0) is 30.7 Å². The zero-order valence-corrected chi connectivity index (χ0v) is 10.2. The molecule has 1 aromatic heterocycles. The van der Waals surface area contributed by atoms with Crippen molar-refractivity contribution in [3.63, 3.8) is 0 Å². The predicted molar refractivity (Wildman–Crippen MR) is 71.3 cm³/mol. The Kier molecular flexibility index (Phi) is 3.53. The number of aliphatic hydroxyl groups excluding tert-OH is 1. The lowest BCUT2D eigenvalue weighted by atomic mass is 10.2. The minimum absolute atomic E-state index is 0.0601. The lowest BCUT2D eigenvalue weighted by Gasteiger charge is -2.12. The van der Waals surface area contributed by atoms with Crippen molar-refractivity contribution in [1.82, 2.24) is 10.3 Å². The third-order valence-electron chi connectivity index (χ3n) is 2.94. The Bertz CT molecular complexity index is 558. The van der Waals surface area contributed by atoms with E-state index in [2.05, 4.69) is 10.3 Å². The van der Waals surface area contributed by atoms with Crippen LogP contribution in [0.2, 0.25) is 0 Å². The number of aromatic nitrogens is 1. The van der Waals surface area contributed by atoms with Crippen molar-refractivity contribution in [3.05, 3.63) is 30.0 Å². The number of aromatic amines is 1. The number of amides is 1. The summed E-state index contributed by atoms with van der Waals surface area (Å²) in [5.41, 5.74) is 7.69. The zero-order valence-electron chi connectivity index (χ0n) is 10.2. The summed E-state index contributed by atoms with van der Waals surface area (Å²) in [5.74, 6) is -0.217. The number of nitrogens with two attached hydrogens (primary N) is 1. The molecular formula is C13H17N3O2. The summed E-state index contributed by atoms with van der Waals surface area (Å²) >= 11 is 0. The third-order valence-corrected chi connectivity index (χ3v) is 2.94. The van der Waals surface area contributed by atoms with Gasteiger partial charge in [0.05, 0.1) is 12.6 Å². The van der Waals surface area contributed by atoms with Crippen LogP contribution < -0.4 is 11.1 Å². The van der Waals surface area contributed by atoms with E-state index >= 15 is 0 Å². The van der Waals surface area contributed by atoms with Gasteiger partial charge < -0.3 is 21.1 Å². The number of hydrogen-bond acceptors (Lipinski definition) is 3. The first-order valence-corrected chi connectivity index (χ1v) is 5.94. The monoisotopic (exact) mass is 247 g/mol. The molecule has 0 fully saturated rings. The molecule has 0 aliphatic carbocycles. The smallest absolute Gasteiger partial charge is 0.268 e. The van der Waals surface area contributed by atoms with Crippen LogP contribution in [0.25, 0.3) is 10.9 Å². The first-order valence-electron chi connectivity index (χ1n) is 5.94. The number of benzene rings is 1. The van der Waals surface area contributed by atoms with Gasteiger partial charge in [0.25, 0.3) is 5.91 Å². The van der Waals surface area contributed by atoms with E-state index in [1.54, 1.807) is 12.1 Å². The van der Waals surface area contributed by atoms with Crippen LogP contribution in [0, 0.1) is 0 Å². The molecular weight excluding hydrogens is 230 g/mol. The number of carbonyl (C=O) groups excluding carboxylic acids is 1. The van der Waals surface area contributed by atoms with Crippen LogP contribution in [0.15, 0.2) is 24.3 Å². The highest BCUT2D eigenvalue weighted by molar-refractivity contribution is 5.98. The summed E-state index contributed by atoms with van der Waals surface area (Å²) < 4.78 is 0. The standard InChI is InChI=1S/C13H17N3O2/c1-2-10(7-17)15-13(18)12-6-8-5-9(14)3-4-11(8)16-12/h3-6,10,16-17H,2,7,14H2,1H3,(H,15,18)/t10-/m1/s1. The zero-order chi connectivity index (χ0) is 13.1. The molecule has 5 nitrogen and oxygen atoms in total. The highest BCUT2D eigenvalue weighted by Gasteiger charge is 2.13. The number of carbonyl (C=O) groups is 1. The molecule has 0 radical (unpaired) electrons. The molecule has 18 heavy (non-hydrogen) atoms. The van der Waals surface area contributed by atoms with Gasteiger partial charge in [0.1, 0.15) is 5.69 Å². The molecule has 1 atom stereocenters. The summed E-state index contributed by atoms with van der Waals surface area (Å²) in [6.45, 7) is 1.85. The Balaban J connectivity index is 2.23. The SMILES string of the molecule is CC[C@H](CO)NC(=O)c1cc2cc(N)ccc2[nH]1. The van der Waals surface area contributed by atoms with Crippen LogP contribution in [0.5, 0.6) is 0 Å². The van der Waals surface area contributed by atoms with Crippen LogP contribution in [-0.4, -0.2) is 28.6 Å². The second-order valence-corrected chi connectivity index (χ2v) is 4.29. The fourth-order valence-electron chi connectivity index (χ4n) is 1.81. The van der Waals surface area contributed by atoms with Crippen molar-refractivity contribution < 1.29 is 9.90 Å². The number of fused-ring (bicyclic) bond motifs is 1. The minimum Gasteiger partial charge on any atom is -0.399 e. The maximum Gasteiger partial charge on any atom is 0.268 e. The fraction of sp³-hybridized carbons (Fsp3) is 0.308. The van der Waals surface area contributed by atoms with Crippen molar-refractivity contribution in [2.45, 2.75) is 19.4 Å². The highest BCUT2D eigenvalue weighted by Crippen LogP contribution is 2.18. The van der Waals surface area contributed by atoms with Gasteiger partial charge in [0.2, 0.25) is 0 Å². The van der Waals surface area contributed by atoms with Gasteiger partial charge in [-0.1, -0.05) is 6.92 Å². The molecule has 0 aliphatic heterocycles. The van der Waals surface area contributed by atoms with E-state index in [9.17, 15) is 4.79 Å². The van der Waals surface area contributed by atoms with E-state index in [0.29, 0.717) is 17.8 Å². The van der Waals surface area contributed by atoms with Crippen molar-refractivity contribution in [3.8, 4) is 0 Å². The molecule has 0 spiro atoms. The number of nitrogen functional groups attached to an aromatic ring is 1. The van der Waals surface area contributed by atoms with Gasteiger partial charge in [0.15, 0.2) is 0 Å². The molecule has 2 rings (SSSR count). The van der Waals surface area contributed by atoms with E-state index in [1.807, 2.05) is 19.1 Å². The minimum atomic E-state index is -0.217. The maximum atomic E-state index is 11.9. The molecule has 0 unspecified atom stereocenters. The van der Waals surface area contributed by atoms with E-state index in [0.717, 1.165) is 10.9 Å². The van der Waals surface area contributed by atoms with Crippen LogP contribution in [0.3, 0.4) is 0 Å². The molecule has 0 bridgehead atoms. The second kappa shape index (κ2) is 5.10. The van der Waals surface area contributed by atoms with E-state index in [-0.39, 0.29) is 18.6 Å². The Morgan fingerprint density at radius 3 is 2.94 bits per heavy atom. The van der Waals surface area contributed by atoms with E-state index < -0.39 is 0 Å². The van der Waals surface area contributed by atoms with Crippen molar-refractivity contribution >= 4 is 22.5 Å². The van der Waals surface area contributed by atoms with Gasteiger partial charge in [-0.2, -0.15) is 0 Å². The number of H-pyrrole nitrogens is 1. The average Bonchev–Trinajstić information content (AvgIpc) is 2.78. The first kappa shape index (κ1) is 12.4. The summed E-state index contributed by atoms with van der Waals surface area (Å²) in [4.78, 5) is 15.0. The van der Waals surface area contributed by atoms with Crippen LogP contribution in [-0.2, 0) is 0 Å². The number of hydrogen-bond donors (Lipinski definition) is 4. The molecule has 0 saturated heterocycles. The van der Waals surface area contributed by atoms with Crippen molar-refractivity contribution in [2.75, 3.05) is 12.3 Å². The normalized spacial score (nSPS) is 12.6. The highest BCUT2D eigenvalue weighted by atomic mass is 16.3. The molecule has 1 heterocycles. The molecule has 1 amide bonds. The fourth-order valence-corrected chi connectivity index (χ4v) is 1.81. The van der Waals surface area contributed by atoms with E-state index in [1.165, 1.54) is 0 Å². The van der Waals surface area contributed by atoms with Gasteiger partial charge in [-0.15, -0.1) is 0 Å². The molecule has 0 aliphatic rings. The Hall–Kier alpha value is -2.01. The lowest BCUT2D eigenvalue weighted by molar-refractivity contribution is 0.0910. The van der Waals surface area contributed by atoms with Gasteiger partial charge in [0, 0.05) is 16.6 Å². The number of nitrogens with one attached hydrogen (secondary N) is 2. The maximum absolute atomic E-state index is 11.9. The van der Waals surface area contributed by atoms with Crippen LogP contribution in [0.4, 0.5) is 5.69 Å². The van der Waals surface area contributed by atoms with Crippen LogP contribution >= 0.6 is 0 Å². The molecule has 2 aromatic rings. The second-order valence-electron chi connectivity index (χ2n) is 4.29. The molecule has 0 saturated carbocycles. The van der Waals surface area contributed by atoms with E-state index in [4.69, 9.17) is 10.8 Å². The third kappa shape index (κ3) is 2.46. The number of aliphatic hydroxyl groups is 1. The number of rotatable bonds is 4. The number of anilines is 1. The summed E-state index contributed by atoms with van der Waals surface area (Å²) in [5, 5.41) is 12.7. The molecule has 5 heteroatoms.